The van der Waals surface area contributed by atoms with Crippen LogP contribution in [-0.2, 0) is 53.8 Å². The Bertz CT molecular complexity index is 9.61. The largest absolute Gasteiger partial charge is 0.370 e. The third-order valence-corrected chi connectivity index (χ3v) is 0. The van der Waals surface area contributed by atoms with Gasteiger partial charge >= 0.3 is 0 Å². The van der Waals surface area contributed by atoms with E-state index in [0.717, 1.165) is 0 Å². The van der Waals surface area contributed by atoms with Crippen molar-refractivity contribution in [3.8, 4) is 0 Å². The van der Waals surface area contributed by atoms with Gasteiger partial charge in [0.25, 0.3) is 0 Å². The topological polar surface area (TPSA) is 0 Å². The van der Waals surface area contributed by atoms with Crippen LogP contribution in [0.3, 0.4) is 0 Å². The summed E-state index contributed by atoms with van der Waals surface area (Å²) in [5.74, 6) is 0. The molecule has 0 aromatic rings. The van der Waals surface area contributed by atoms with Gasteiger partial charge in [-0.15, -0.1) is 0 Å². The van der Waals surface area contributed by atoms with Crippen molar-refractivity contribution in [1.82, 2.24) is 0 Å². The SMILES string of the molecule is [B][CH-]C.[W].[Y]. The quantitative estimate of drug-likeness (QED) is 0.447. The van der Waals surface area contributed by atoms with Crippen LogP contribution in [0.5, 0.6) is 0 Å². The summed E-state index contributed by atoms with van der Waals surface area (Å²) in [5.41, 5.74) is 0. The summed E-state index contributed by atoms with van der Waals surface area (Å²) in [4.78, 5) is 0. The third-order valence-electron chi connectivity index (χ3n) is 0. The predicted molar refractivity (Wildman–Crippen MR) is 15.7 cm³/mol. The first-order chi connectivity index (χ1) is 1.41. The molecule has 3 radical (unpaired) electrons. The zero-order valence-corrected chi connectivity index (χ0v) is 8.91. The van der Waals surface area contributed by atoms with Crippen LogP contribution < -0.4 is 0 Å². The van der Waals surface area contributed by atoms with Gasteiger partial charge in [-0.05, 0) is 0 Å². The van der Waals surface area contributed by atoms with Gasteiger partial charge in [0.2, 0.25) is 0 Å². The molecule has 0 bridgehead atoms. The second-order valence-corrected chi connectivity index (χ2v) is 0.333. The summed E-state index contributed by atoms with van der Waals surface area (Å²) in [6.07, 6.45) is 1.50. The smallest absolute Gasteiger partial charge is 0 e. The standard InChI is InChI=1S/C2H4B.W.Y/c1-2-3;;/h2H,1H3;;/q-1;;. The minimum atomic E-state index is 0. The van der Waals surface area contributed by atoms with Gasteiger partial charge in [-0.25, -0.2) is 0 Å². The van der Waals surface area contributed by atoms with Gasteiger partial charge in [0.1, 0.15) is 0 Å². The van der Waals surface area contributed by atoms with E-state index in [4.69, 9.17) is 7.85 Å². The monoisotopic (exact) mass is 312 g/mol. The van der Waals surface area contributed by atoms with E-state index in [2.05, 4.69) is 0 Å². The first kappa shape index (κ1) is 15.8. The van der Waals surface area contributed by atoms with Crippen LogP contribution in [0.4, 0.5) is 0 Å². The average Bonchev–Trinajstić information content (AvgIpc) is 0.918. The second kappa shape index (κ2) is 16.9. The molecule has 0 atom stereocenters. The van der Waals surface area contributed by atoms with Crippen molar-refractivity contribution in [1.29, 1.82) is 0 Å². The zero-order chi connectivity index (χ0) is 2.71. The number of hydrogen-bond donors (Lipinski definition) is 0. The van der Waals surface area contributed by atoms with E-state index in [1.54, 1.807) is 6.92 Å². The molecule has 0 unspecified atom stereocenters. The molecule has 0 heterocycles. The van der Waals surface area contributed by atoms with Crippen molar-refractivity contribution < 1.29 is 53.8 Å². The van der Waals surface area contributed by atoms with E-state index in [1.165, 1.54) is 6.32 Å². The molecule has 3 heteroatoms. The summed E-state index contributed by atoms with van der Waals surface area (Å²) in [5, 5.41) is 0. The minimum Gasteiger partial charge on any atom is -0.370 e. The molecule has 0 saturated carbocycles. The Kier molecular flexibility index (Phi) is 53.5. The van der Waals surface area contributed by atoms with Crippen LogP contribution in [0, 0.1) is 6.32 Å². The normalized spacial score (nSPS) is 3.40. The Balaban J connectivity index is -0.0000000200. The molecule has 25 valence electrons. The Morgan fingerprint density at radius 2 is 1.60 bits per heavy atom. The van der Waals surface area contributed by atoms with Gasteiger partial charge in [-0.3, -0.25) is 0 Å². The van der Waals surface area contributed by atoms with E-state index in [0.29, 0.717) is 0 Å². The Labute approximate surface area is 74.0 Å². The fourth-order valence-corrected chi connectivity index (χ4v) is 0. The van der Waals surface area contributed by atoms with Crippen molar-refractivity contribution in [2.45, 2.75) is 6.92 Å². The van der Waals surface area contributed by atoms with E-state index in [-0.39, 0.29) is 53.8 Å². The Hall–Kier alpha value is 1.86. The summed E-state index contributed by atoms with van der Waals surface area (Å²) >= 11 is 0. The molecule has 0 nitrogen and oxygen atoms in total. The molecular weight excluding hydrogens is 308 g/mol. The molecule has 0 aliphatic heterocycles. The fraction of sp³-hybridized carbons (Fsp3) is 0.500. The van der Waals surface area contributed by atoms with Gasteiger partial charge in [-0.2, -0.15) is 14.8 Å². The predicted octanol–water partition coefficient (Wildman–Crippen LogP) is 0.332. The first-order valence-corrected chi connectivity index (χ1v) is 0.911. The van der Waals surface area contributed by atoms with Crippen LogP contribution in [0.1, 0.15) is 6.92 Å². The molecule has 0 spiro atoms. The van der Waals surface area contributed by atoms with Gasteiger partial charge in [-0.1, -0.05) is 0 Å². The minimum absolute atomic E-state index is 0. The first-order valence-electron chi connectivity index (χ1n) is 0.911. The fourth-order valence-electron chi connectivity index (χ4n) is 0. The van der Waals surface area contributed by atoms with Crippen LogP contribution in [0.25, 0.3) is 0 Å². The maximum Gasteiger partial charge on any atom is 0 e. The molecule has 0 aromatic heterocycles. The van der Waals surface area contributed by atoms with Crippen LogP contribution in [-0.4, -0.2) is 7.85 Å². The molecule has 0 aliphatic rings. The maximum absolute atomic E-state index is 4.72. The molecule has 0 N–H and O–H groups in total. The van der Waals surface area contributed by atoms with E-state index in [1.807, 2.05) is 0 Å². The maximum atomic E-state index is 4.72. The summed E-state index contributed by atoms with van der Waals surface area (Å²) in [6, 6.07) is 0. The van der Waals surface area contributed by atoms with Crippen molar-refractivity contribution >= 4 is 7.85 Å². The Morgan fingerprint density at radius 3 is 1.60 bits per heavy atom. The van der Waals surface area contributed by atoms with E-state index < -0.39 is 0 Å². The van der Waals surface area contributed by atoms with Crippen molar-refractivity contribution in [3.63, 3.8) is 0 Å². The molecule has 0 amide bonds. The molecule has 0 aromatic carbocycles. The van der Waals surface area contributed by atoms with Gasteiger partial charge in [0.15, 0.2) is 0 Å². The number of rotatable bonds is 0. The molecule has 0 saturated heterocycles. The number of hydrogen-bond acceptors (Lipinski definition) is 0. The molecule has 0 fully saturated rings. The van der Waals surface area contributed by atoms with Crippen molar-refractivity contribution in [3.05, 3.63) is 6.32 Å². The van der Waals surface area contributed by atoms with Crippen LogP contribution >= 0.6 is 0 Å². The summed E-state index contributed by atoms with van der Waals surface area (Å²) in [6.45, 7) is 1.78. The van der Waals surface area contributed by atoms with Gasteiger partial charge in [0, 0.05) is 53.8 Å². The van der Waals surface area contributed by atoms with Gasteiger partial charge in [0.05, 0.1) is 0 Å². The zero-order valence-electron chi connectivity index (χ0n) is 3.14. The molecular formula is C2H4BWY-. The van der Waals surface area contributed by atoms with E-state index >= 15 is 0 Å². The molecule has 0 rings (SSSR count). The van der Waals surface area contributed by atoms with E-state index in [9.17, 15) is 0 Å². The summed E-state index contributed by atoms with van der Waals surface area (Å²) in [7, 11) is 4.72. The Morgan fingerprint density at radius 1 is 1.60 bits per heavy atom. The third kappa shape index (κ3) is 25.3. The van der Waals surface area contributed by atoms with Crippen LogP contribution in [0.15, 0.2) is 0 Å². The van der Waals surface area contributed by atoms with Crippen molar-refractivity contribution in [2.75, 3.05) is 0 Å². The second-order valence-electron chi connectivity index (χ2n) is 0.333. The molecule has 0 aliphatic carbocycles. The van der Waals surface area contributed by atoms with Crippen molar-refractivity contribution in [2.24, 2.45) is 0 Å². The summed E-state index contributed by atoms with van der Waals surface area (Å²) < 4.78 is 0. The van der Waals surface area contributed by atoms with Crippen LogP contribution in [0.2, 0.25) is 0 Å². The van der Waals surface area contributed by atoms with Gasteiger partial charge < -0.3 is 6.32 Å². The average molecular weight is 312 g/mol. The molecule has 5 heavy (non-hydrogen) atoms.